The second-order valence-corrected chi connectivity index (χ2v) is 10.3. The van der Waals surface area contributed by atoms with Gasteiger partial charge in [-0.2, -0.15) is 4.31 Å². The Kier molecular flexibility index (Phi) is 8.53. The van der Waals surface area contributed by atoms with Crippen LogP contribution >= 0.6 is 12.4 Å². The van der Waals surface area contributed by atoms with Crippen molar-refractivity contribution in [1.29, 1.82) is 0 Å². The molecule has 0 amide bonds. The maximum Gasteiger partial charge on any atom is 0.339 e. The quantitative estimate of drug-likeness (QED) is 0.250. The van der Waals surface area contributed by atoms with Crippen molar-refractivity contribution in [3.63, 3.8) is 0 Å². The summed E-state index contributed by atoms with van der Waals surface area (Å²) in [6.45, 7) is 1.46. The highest BCUT2D eigenvalue weighted by Crippen LogP contribution is 2.28. The molecule has 0 spiro atoms. The van der Waals surface area contributed by atoms with Gasteiger partial charge in [-0.3, -0.25) is 9.36 Å². The van der Waals surface area contributed by atoms with E-state index in [1.165, 1.54) is 51.5 Å². The fourth-order valence-corrected chi connectivity index (χ4v) is 5.97. The summed E-state index contributed by atoms with van der Waals surface area (Å²) in [7, 11) is -3.86. The van der Waals surface area contributed by atoms with Gasteiger partial charge in [-0.25, -0.2) is 13.2 Å². The first kappa shape index (κ1) is 28.1. The molecule has 1 aliphatic heterocycles. The summed E-state index contributed by atoms with van der Waals surface area (Å²) >= 11 is 0. The topological polar surface area (TPSA) is 164 Å². The van der Waals surface area contributed by atoms with Gasteiger partial charge in [-0.05, 0) is 48.7 Å². The largest absolute Gasteiger partial charge is 0.440 e. The minimum Gasteiger partial charge on any atom is -0.440 e. The number of carbonyl (C=O) groups excluding carboxylic acids is 1. The van der Waals surface area contributed by atoms with E-state index in [0.29, 0.717) is 29.5 Å². The highest BCUT2D eigenvalue weighted by atomic mass is 35.5. The zero-order chi connectivity index (χ0) is 26.0. The smallest absolute Gasteiger partial charge is 0.339 e. The Bertz CT molecular complexity index is 1510. The second kappa shape index (κ2) is 11.3. The number of pyridine rings is 1. The zero-order valence-electron chi connectivity index (χ0n) is 19.7. The maximum absolute atomic E-state index is 13.3. The first-order valence-corrected chi connectivity index (χ1v) is 12.4. The molecular formula is C23H25ClN4O8S. The maximum atomic E-state index is 13.3. The van der Waals surface area contributed by atoms with Gasteiger partial charge >= 0.3 is 5.97 Å². The molecule has 1 saturated heterocycles. The molecule has 37 heavy (non-hydrogen) atoms. The summed E-state index contributed by atoms with van der Waals surface area (Å²) in [6.07, 6.45) is 2.00. The van der Waals surface area contributed by atoms with Gasteiger partial charge in [-0.15, -0.1) is 22.5 Å². The van der Waals surface area contributed by atoms with E-state index in [-0.39, 0.29) is 47.4 Å². The van der Waals surface area contributed by atoms with Crippen molar-refractivity contribution in [2.45, 2.75) is 37.6 Å². The molecule has 1 aromatic heterocycles. The van der Waals surface area contributed by atoms with Crippen LogP contribution in [0.15, 0.2) is 58.4 Å². The van der Waals surface area contributed by atoms with Gasteiger partial charge in [0, 0.05) is 36.1 Å². The van der Waals surface area contributed by atoms with Crippen LogP contribution < -0.4 is 11.3 Å². The van der Waals surface area contributed by atoms with Gasteiger partial charge in [0.15, 0.2) is 6.73 Å². The third-order valence-corrected chi connectivity index (χ3v) is 7.81. The van der Waals surface area contributed by atoms with Gasteiger partial charge in [0.2, 0.25) is 10.0 Å². The Morgan fingerprint density at radius 2 is 1.97 bits per heavy atom. The van der Waals surface area contributed by atoms with Crippen molar-refractivity contribution < 1.29 is 27.9 Å². The number of hydrogen-bond acceptors (Lipinski definition) is 9. The van der Waals surface area contributed by atoms with Crippen LogP contribution in [0.4, 0.5) is 0 Å². The molecule has 2 N–H and O–H groups in total. The van der Waals surface area contributed by atoms with Gasteiger partial charge in [-0.1, -0.05) is 18.2 Å². The number of halogens is 1. The first-order chi connectivity index (χ1) is 17.1. The van der Waals surface area contributed by atoms with E-state index >= 15 is 0 Å². The zero-order valence-corrected chi connectivity index (χ0v) is 21.4. The van der Waals surface area contributed by atoms with Crippen LogP contribution in [0.1, 0.15) is 27.9 Å². The van der Waals surface area contributed by atoms with Crippen LogP contribution in [0.5, 0.6) is 0 Å². The van der Waals surface area contributed by atoms with Crippen LogP contribution in [0.3, 0.4) is 0 Å². The summed E-state index contributed by atoms with van der Waals surface area (Å²) in [5.74, 6) is -0.746. The van der Waals surface area contributed by atoms with E-state index in [2.05, 4.69) is 4.84 Å². The summed E-state index contributed by atoms with van der Waals surface area (Å²) in [4.78, 5) is 40.4. The lowest BCUT2D eigenvalue weighted by Crippen LogP contribution is -2.32. The standard InChI is InChI=1S/C23H24N4O8S.ClH/c1-15-11-25(14-34-23(29)17-5-2-4-16(10-17)13-35-27(30)31)22(28)19-6-3-7-20(21(15)19)36(32,33)26-9-8-18(24)12-26;/h2-7,10-11,18H,8-9,12-14,24H2,1H3;1H/t18-;/m0./s1. The molecule has 0 bridgehead atoms. The Hall–Kier alpha value is -3.52. The van der Waals surface area contributed by atoms with Gasteiger partial charge < -0.3 is 15.3 Å². The third-order valence-electron chi connectivity index (χ3n) is 5.90. The predicted octanol–water partition coefficient (Wildman–Crippen LogP) is 1.98. The molecule has 14 heteroatoms. The molecule has 1 aliphatic rings. The molecule has 2 heterocycles. The van der Waals surface area contributed by atoms with E-state index in [4.69, 9.17) is 10.5 Å². The Morgan fingerprint density at radius 3 is 2.65 bits per heavy atom. The lowest BCUT2D eigenvalue weighted by molar-refractivity contribution is -0.763. The lowest BCUT2D eigenvalue weighted by atomic mass is 10.1. The van der Waals surface area contributed by atoms with E-state index in [1.807, 2.05) is 0 Å². The normalized spacial score (nSPS) is 15.8. The summed E-state index contributed by atoms with van der Waals surface area (Å²) < 4.78 is 34.3. The average Bonchev–Trinajstić information content (AvgIpc) is 3.30. The Balaban J connectivity index is 0.00000380. The lowest BCUT2D eigenvalue weighted by Gasteiger charge is -2.19. The SMILES string of the molecule is Cc1cn(COC(=O)c2cccc(CO[N+](=O)[O-])c2)c(=O)c2cccc(S(=O)(=O)N3CC[C@H](N)C3)c12.Cl. The van der Waals surface area contributed by atoms with Crippen molar-refractivity contribution in [3.05, 3.63) is 85.8 Å². The van der Waals surface area contributed by atoms with Crippen LogP contribution in [0.25, 0.3) is 10.8 Å². The molecule has 2 aromatic carbocycles. The van der Waals surface area contributed by atoms with Crippen LogP contribution in [-0.4, -0.2) is 47.5 Å². The number of esters is 1. The van der Waals surface area contributed by atoms with E-state index < -0.39 is 33.4 Å². The number of benzene rings is 2. The number of nitrogens with zero attached hydrogens (tertiary/aromatic N) is 3. The Morgan fingerprint density at radius 1 is 1.24 bits per heavy atom. The number of hydrogen-bond donors (Lipinski definition) is 1. The third kappa shape index (κ3) is 5.91. The highest BCUT2D eigenvalue weighted by Gasteiger charge is 2.32. The molecule has 198 valence electrons. The van der Waals surface area contributed by atoms with Crippen molar-refractivity contribution in [1.82, 2.24) is 8.87 Å². The van der Waals surface area contributed by atoms with Gasteiger partial charge in [0.1, 0.15) is 6.61 Å². The number of ether oxygens (including phenoxy) is 1. The predicted molar refractivity (Wildman–Crippen MR) is 135 cm³/mol. The number of aromatic nitrogens is 1. The summed E-state index contributed by atoms with van der Waals surface area (Å²) in [6, 6.07) is 10.2. The monoisotopic (exact) mass is 552 g/mol. The molecule has 0 radical (unpaired) electrons. The second-order valence-electron chi connectivity index (χ2n) is 8.44. The fraction of sp³-hybridized carbons (Fsp3) is 0.304. The highest BCUT2D eigenvalue weighted by molar-refractivity contribution is 7.89. The fourth-order valence-electron chi connectivity index (χ4n) is 4.18. The Labute approximate surface area is 218 Å². The molecule has 1 fully saturated rings. The van der Waals surface area contributed by atoms with Crippen molar-refractivity contribution >= 4 is 39.2 Å². The molecule has 1 atom stereocenters. The molecule has 0 aliphatic carbocycles. The van der Waals surface area contributed by atoms with Crippen LogP contribution in [0, 0.1) is 17.0 Å². The number of carbonyl (C=O) groups is 1. The molecular weight excluding hydrogens is 528 g/mol. The molecule has 4 rings (SSSR count). The van der Waals surface area contributed by atoms with E-state index in [1.54, 1.807) is 13.0 Å². The minimum absolute atomic E-state index is 0. The van der Waals surface area contributed by atoms with Crippen molar-refractivity contribution in [3.8, 4) is 0 Å². The van der Waals surface area contributed by atoms with Gasteiger partial charge in [0.25, 0.3) is 10.6 Å². The van der Waals surface area contributed by atoms with Gasteiger partial charge in [0.05, 0.1) is 10.5 Å². The molecule has 12 nitrogen and oxygen atoms in total. The number of aryl methyl sites for hydroxylation is 1. The van der Waals surface area contributed by atoms with E-state index in [9.17, 15) is 28.1 Å². The van der Waals surface area contributed by atoms with Crippen molar-refractivity contribution in [2.24, 2.45) is 5.73 Å². The average molecular weight is 553 g/mol. The summed E-state index contributed by atoms with van der Waals surface area (Å²) in [5, 5.41) is 9.93. The number of nitrogens with two attached hydrogens (primary N) is 1. The minimum atomic E-state index is -3.86. The van der Waals surface area contributed by atoms with Crippen LogP contribution in [-0.2, 0) is 32.9 Å². The molecule has 0 unspecified atom stereocenters. The molecule has 0 saturated carbocycles. The first-order valence-electron chi connectivity index (χ1n) is 11.0. The molecule has 3 aromatic rings. The number of sulfonamides is 1. The van der Waals surface area contributed by atoms with E-state index in [0.717, 1.165) is 0 Å². The summed E-state index contributed by atoms with van der Waals surface area (Å²) in [5.41, 5.74) is 6.40. The van der Waals surface area contributed by atoms with Crippen molar-refractivity contribution in [2.75, 3.05) is 13.1 Å². The van der Waals surface area contributed by atoms with Crippen LogP contribution in [0.2, 0.25) is 0 Å². The number of rotatable bonds is 8. The number of fused-ring (bicyclic) bond motifs is 1.